The van der Waals surface area contributed by atoms with Crippen molar-refractivity contribution in [3.63, 3.8) is 0 Å². The van der Waals surface area contributed by atoms with Crippen LogP contribution in [0.3, 0.4) is 0 Å². The zero-order valence-corrected chi connectivity index (χ0v) is 12.0. The summed E-state index contributed by atoms with van der Waals surface area (Å²) in [6, 6.07) is 5.67. The largest absolute Gasteiger partial charge is 0.336 e. The van der Waals surface area contributed by atoms with E-state index < -0.39 is 5.82 Å². The van der Waals surface area contributed by atoms with Crippen molar-refractivity contribution in [2.75, 3.05) is 18.9 Å². The molecule has 1 aromatic carbocycles. The molecule has 4 nitrogen and oxygen atoms in total. The first kappa shape index (κ1) is 15.2. The first-order chi connectivity index (χ1) is 10.0. The molecule has 1 atom stereocenters. The number of carbonyl (C=O) groups excluding carboxylic acids is 2. The number of nitrogens with one attached hydrogen (secondary N) is 1. The van der Waals surface area contributed by atoms with E-state index in [-0.39, 0.29) is 24.3 Å². The minimum atomic E-state index is -0.412. The third kappa shape index (κ3) is 4.70. The molecule has 1 aliphatic rings. The summed E-state index contributed by atoms with van der Waals surface area (Å²) < 4.78 is 13.0. The van der Waals surface area contributed by atoms with Crippen LogP contribution in [0.1, 0.15) is 19.3 Å². The Kier molecular flexibility index (Phi) is 5.09. The van der Waals surface area contributed by atoms with Gasteiger partial charge < -0.3 is 10.2 Å². The van der Waals surface area contributed by atoms with Crippen molar-refractivity contribution in [2.24, 2.45) is 5.92 Å². The third-order valence-electron chi connectivity index (χ3n) is 3.46. The van der Waals surface area contributed by atoms with E-state index in [1.54, 1.807) is 13.1 Å². The van der Waals surface area contributed by atoms with Crippen molar-refractivity contribution in [3.8, 4) is 0 Å². The summed E-state index contributed by atoms with van der Waals surface area (Å²) in [4.78, 5) is 25.2. The second kappa shape index (κ2) is 7.02. The Morgan fingerprint density at radius 1 is 1.43 bits per heavy atom. The summed E-state index contributed by atoms with van der Waals surface area (Å²) >= 11 is 0. The molecule has 21 heavy (non-hydrogen) atoms. The number of carbonyl (C=O) groups is 2. The molecule has 112 valence electrons. The summed E-state index contributed by atoms with van der Waals surface area (Å²) in [5, 5.41) is 2.58. The highest BCUT2D eigenvalue weighted by atomic mass is 19.1. The smallest absolute Gasteiger partial charge is 0.243 e. The topological polar surface area (TPSA) is 49.4 Å². The molecule has 5 heteroatoms. The lowest BCUT2D eigenvalue weighted by atomic mass is 10.0. The summed E-state index contributed by atoms with van der Waals surface area (Å²) in [5.74, 6) is -0.518. The summed E-state index contributed by atoms with van der Waals surface area (Å²) in [6.45, 7) is -0.0359. The molecule has 1 aliphatic carbocycles. The summed E-state index contributed by atoms with van der Waals surface area (Å²) in [5.41, 5.74) is 0.388. The van der Waals surface area contributed by atoms with Crippen LogP contribution in [0, 0.1) is 11.7 Å². The summed E-state index contributed by atoms with van der Waals surface area (Å²) in [7, 11) is 1.60. The molecule has 1 aromatic rings. The normalized spacial score (nSPS) is 16.8. The monoisotopic (exact) mass is 290 g/mol. The van der Waals surface area contributed by atoms with Crippen molar-refractivity contribution in [1.82, 2.24) is 4.90 Å². The molecule has 0 saturated carbocycles. The van der Waals surface area contributed by atoms with Crippen molar-refractivity contribution in [3.05, 3.63) is 42.2 Å². The number of hydrogen-bond acceptors (Lipinski definition) is 2. The van der Waals surface area contributed by atoms with E-state index in [2.05, 4.69) is 17.5 Å². The molecule has 2 rings (SSSR count). The molecule has 1 N–H and O–H groups in total. The van der Waals surface area contributed by atoms with E-state index in [0.29, 0.717) is 12.1 Å². The van der Waals surface area contributed by atoms with E-state index >= 15 is 0 Å². The van der Waals surface area contributed by atoms with E-state index in [9.17, 15) is 14.0 Å². The molecule has 0 saturated heterocycles. The van der Waals surface area contributed by atoms with E-state index in [0.717, 1.165) is 12.8 Å². The number of anilines is 1. The van der Waals surface area contributed by atoms with Crippen molar-refractivity contribution < 1.29 is 14.0 Å². The molecule has 0 bridgehead atoms. The van der Waals surface area contributed by atoms with Crippen LogP contribution < -0.4 is 5.32 Å². The van der Waals surface area contributed by atoms with Gasteiger partial charge in [-0.25, -0.2) is 4.39 Å². The van der Waals surface area contributed by atoms with Crippen molar-refractivity contribution in [1.29, 1.82) is 0 Å². The first-order valence-electron chi connectivity index (χ1n) is 7.00. The Morgan fingerprint density at radius 3 is 2.90 bits per heavy atom. The fourth-order valence-corrected chi connectivity index (χ4v) is 2.32. The highest BCUT2D eigenvalue weighted by Crippen LogP contribution is 2.20. The van der Waals surface area contributed by atoms with E-state index in [1.165, 1.54) is 23.1 Å². The van der Waals surface area contributed by atoms with E-state index in [1.807, 2.05) is 0 Å². The Labute approximate surface area is 123 Å². The standard InChI is InChI=1S/C16H19FN2O2/c1-19(16(21)9-12-5-2-3-6-12)11-15(20)18-14-8-4-7-13(17)10-14/h2,4-5,7-8,10,12H,3,6,9,11H2,1H3,(H,18,20). The minimum Gasteiger partial charge on any atom is -0.336 e. The molecule has 0 aromatic heterocycles. The van der Waals surface area contributed by atoms with Gasteiger partial charge in [-0.1, -0.05) is 18.2 Å². The number of likely N-dealkylation sites (N-methyl/N-ethyl adjacent to an activating group) is 1. The average molecular weight is 290 g/mol. The van der Waals surface area contributed by atoms with Crippen molar-refractivity contribution >= 4 is 17.5 Å². The Morgan fingerprint density at radius 2 is 2.24 bits per heavy atom. The van der Waals surface area contributed by atoms with E-state index in [4.69, 9.17) is 0 Å². The van der Waals surface area contributed by atoms with Crippen LogP contribution in [0.15, 0.2) is 36.4 Å². The highest BCUT2D eigenvalue weighted by molar-refractivity contribution is 5.94. The predicted molar refractivity (Wildman–Crippen MR) is 79.1 cm³/mol. The van der Waals surface area contributed by atoms with Gasteiger partial charge in [0, 0.05) is 19.2 Å². The summed E-state index contributed by atoms with van der Waals surface area (Å²) in [6.07, 6.45) is 6.57. The molecule has 0 radical (unpaired) electrons. The fourth-order valence-electron chi connectivity index (χ4n) is 2.32. The first-order valence-corrected chi connectivity index (χ1v) is 7.00. The molecular formula is C16H19FN2O2. The number of rotatable bonds is 5. The quantitative estimate of drug-likeness (QED) is 0.847. The van der Waals surface area contributed by atoms with Gasteiger partial charge in [-0.05, 0) is 37.0 Å². The van der Waals surface area contributed by atoms with Gasteiger partial charge in [-0.2, -0.15) is 0 Å². The van der Waals surface area contributed by atoms with Gasteiger partial charge in [-0.15, -0.1) is 0 Å². The van der Waals surface area contributed by atoms with Gasteiger partial charge in [0.2, 0.25) is 11.8 Å². The molecule has 0 fully saturated rings. The molecule has 1 unspecified atom stereocenters. The van der Waals surface area contributed by atoms with Gasteiger partial charge in [0.25, 0.3) is 0 Å². The molecular weight excluding hydrogens is 271 g/mol. The minimum absolute atomic E-state index is 0.0359. The average Bonchev–Trinajstić information content (AvgIpc) is 2.91. The molecule has 0 aliphatic heterocycles. The SMILES string of the molecule is CN(CC(=O)Nc1cccc(F)c1)C(=O)CC1C=CCC1. The maximum atomic E-state index is 13.0. The van der Waals surface area contributed by atoms with Crippen molar-refractivity contribution in [2.45, 2.75) is 19.3 Å². The van der Waals surface area contributed by atoms with Gasteiger partial charge >= 0.3 is 0 Å². The van der Waals surface area contributed by atoms with Gasteiger partial charge in [0.15, 0.2) is 0 Å². The lowest BCUT2D eigenvalue weighted by Gasteiger charge is -2.18. The number of allylic oxidation sites excluding steroid dienone is 2. The second-order valence-corrected chi connectivity index (χ2v) is 5.28. The second-order valence-electron chi connectivity index (χ2n) is 5.28. The van der Waals surface area contributed by atoms with Crippen LogP contribution in [0.4, 0.5) is 10.1 Å². The van der Waals surface area contributed by atoms with Crippen LogP contribution in [-0.2, 0) is 9.59 Å². The maximum absolute atomic E-state index is 13.0. The lowest BCUT2D eigenvalue weighted by molar-refractivity contribution is -0.133. The zero-order chi connectivity index (χ0) is 15.2. The predicted octanol–water partition coefficient (Wildman–Crippen LogP) is 2.58. The fraction of sp³-hybridized carbons (Fsp3) is 0.375. The van der Waals surface area contributed by atoms with Crippen LogP contribution in [0.5, 0.6) is 0 Å². The van der Waals surface area contributed by atoms with Crippen LogP contribution in [-0.4, -0.2) is 30.3 Å². The Balaban J connectivity index is 1.81. The number of hydrogen-bond donors (Lipinski definition) is 1. The van der Waals surface area contributed by atoms with Crippen LogP contribution in [0.25, 0.3) is 0 Å². The lowest BCUT2D eigenvalue weighted by Crippen LogP contribution is -2.35. The van der Waals surface area contributed by atoms with Crippen LogP contribution in [0.2, 0.25) is 0 Å². The van der Waals surface area contributed by atoms with Gasteiger partial charge in [-0.3, -0.25) is 9.59 Å². The van der Waals surface area contributed by atoms with Crippen LogP contribution >= 0.6 is 0 Å². The number of halogens is 1. The Hall–Kier alpha value is -2.17. The highest BCUT2D eigenvalue weighted by Gasteiger charge is 2.18. The van der Waals surface area contributed by atoms with Gasteiger partial charge in [0.05, 0.1) is 6.54 Å². The number of nitrogens with zero attached hydrogens (tertiary/aromatic N) is 1. The van der Waals surface area contributed by atoms with Gasteiger partial charge in [0.1, 0.15) is 5.82 Å². The number of benzene rings is 1. The molecule has 2 amide bonds. The maximum Gasteiger partial charge on any atom is 0.243 e. The molecule has 0 heterocycles. The zero-order valence-electron chi connectivity index (χ0n) is 12.0. The molecule has 0 spiro atoms. The third-order valence-corrected chi connectivity index (χ3v) is 3.46. The number of amides is 2. The Bertz CT molecular complexity index is 557.